The number of amides is 2. The quantitative estimate of drug-likeness (QED) is 0.569. The van der Waals surface area contributed by atoms with Crippen LogP contribution in [0.5, 0.6) is 0 Å². The van der Waals surface area contributed by atoms with Gasteiger partial charge in [-0.2, -0.15) is 0 Å². The zero-order valence-electron chi connectivity index (χ0n) is 10.9. The molecule has 1 saturated heterocycles. The van der Waals surface area contributed by atoms with E-state index in [-0.39, 0.29) is 12.6 Å². The molecule has 1 fully saturated rings. The van der Waals surface area contributed by atoms with Crippen molar-refractivity contribution in [2.75, 3.05) is 53.6 Å². The van der Waals surface area contributed by atoms with Crippen LogP contribution in [0.25, 0.3) is 0 Å². The van der Waals surface area contributed by atoms with Gasteiger partial charge in [0.15, 0.2) is 0 Å². The second-order valence-electron chi connectivity index (χ2n) is 4.07. The summed E-state index contributed by atoms with van der Waals surface area (Å²) in [6.45, 7) is 3.22. The van der Waals surface area contributed by atoms with Gasteiger partial charge in [0.2, 0.25) is 0 Å². The average Bonchev–Trinajstić information content (AvgIpc) is 2.43. The van der Waals surface area contributed by atoms with Gasteiger partial charge in [0.05, 0.1) is 12.7 Å². The van der Waals surface area contributed by atoms with Crippen LogP contribution in [-0.2, 0) is 19.1 Å². The molecule has 2 amide bonds. The summed E-state index contributed by atoms with van der Waals surface area (Å²) in [6, 6.07) is 0. The zero-order valence-corrected chi connectivity index (χ0v) is 10.9. The highest BCUT2D eigenvalue weighted by Crippen LogP contribution is 1.94. The lowest BCUT2D eigenvalue weighted by molar-refractivity contribution is -0.146. The molecule has 18 heavy (non-hydrogen) atoms. The number of hydrogen-bond acceptors (Lipinski definition) is 5. The van der Waals surface area contributed by atoms with Crippen LogP contribution >= 0.6 is 0 Å². The molecule has 104 valence electrons. The van der Waals surface area contributed by atoms with E-state index in [9.17, 15) is 9.59 Å². The number of ether oxygens (including phenoxy) is 2. The zero-order chi connectivity index (χ0) is 13.4. The number of carbonyl (C=O) groups excluding carboxylic acids is 2. The van der Waals surface area contributed by atoms with E-state index in [0.717, 1.165) is 13.1 Å². The molecule has 1 heterocycles. The van der Waals surface area contributed by atoms with E-state index in [1.54, 1.807) is 12.0 Å². The summed E-state index contributed by atoms with van der Waals surface area (Å²) in [7, 11) is 3.09. The van der Waals surface area contributed by atoms with E-state index in [1.165, 1.54) is 7.11 Å². The molecule has 0 aromatic rings. The summed E-state index contributed by atoms with van der Waals surface area (Å²) in [4.78, 5) is 25.0. The van der Waals surface area contributed by atoms with Crippen molar-refractivity contribution >= 4 is 11.8 Å². The van der Waals surface area contributed by atoms with Crippen molar-refractivity contribution in [3.63, 3.8) is 0 Å². The number of rotatable bonds is 5. The van der Waals surface area contributed by atoms with Crippen molar-refractivity contribution < 1.29 is 19.1 Å². The number of piperazine rings is 1. The number of nitrogens with one attached hydrogen (secondary N) is 2. The molecule has 0 spiro atoms. The largest absolute Gasteiger partial charge is 0.382 e. The predicted molar refractivity (Wildman–Crippen MR) is 65.1 cm³/mol. The van der Waals surface area contributed by atoms with Crippen LogP contribution in [0.2, 0.25) is 0 Å². The Hall–Kier alpha value is -1.18. The van der Waals surface area contributed by atoms with Crippen molar-refractivity contribution in [2.24, 2.45) is 0 Å². The molecule has 7 heteroatoms. The topological polar surface area (TPSA) is 79.9 Å². The molecular weight excluding hydrogens is 238 g/mol. The van der Waals surface area contributed by atoms with Crippen molar-refractivity contribution in [2.45, 2.75) is 6.10 Å². The molecule has 1 atom stereocenters. The van der Waals surface area contributed by atoms with Gasteiger partial charge < -0.3 is 25.0 Å². The Morgan fingerprint density at radius 3 is 2.56 bits per heavy atom. The van der Waals surface area contributed by atoms with Gasteiger partial charge in [-0.1, -0.05) is 0 Å². The second-order valence-corrected chi connectivity index (χ2v) is 4.07. The van der Waals surface area contributed by atoms with Gasteiger partial charge in [0, 0.05) is 46.9 Å². The fourth-order valence-electron chi connectivity index (χ4n) is 1.69. The third-order valence-corrected chi connectivity index (χ3v) is 2.77. The number of carbonyl (C=O) groups is 2. The minimum absolute atomic E-state index is 0.241. The van der Waals surface area contributed by atoms with Crippen molar-refractivity contribution in [1.29, 1.82) is 0 Å². The van der Waals surface area contributed by atoms with Crippen LogP contribution in [0.15, 0.2) is 0 Å². The normalized spacial score (nSPS) is 17.3. The van der Waals surface area contributed by atoms with E-state index in [4.69, 9.17) is 9.47 Å². The van der Waals surface area contributed by atoms with Crippen LogP contribution in [0.1, 0.15) is 0 Å². The molecule has 2 N–H and O–H groups in total. The molecule has 1 rings (SSSR count). The van der Waals surface area contributed by atoms with Crippen LogP contribution in [-0.4, -0.2) is 76.4 Å². The highest BCUT2D eigenvalue weighted by atomic mass is 16.5. The van der Waals surface area contributed by atoms with Crippen LogP contribution in [0, 0.1) is 0 Å². The first-order valence-corrected chi connectivity index (χ1v) is 5.98. The number of methoxy groups -OCH3 is 2. The minimum Gasteiger partial charge on any atom is -0.382 e. The van der Waals surface area contributed by atoms with Crippen LogP contribution in [0.4, 0.5) is 0 Å². The third kappa shape index (κ3) is 4.59. The maximum absolute atomic E-state index is 11.8. The minimum atomic E-state index is -0.588. The van der Waals surface area contributed by atoms with E-state index in [0.29, 0.717) is 19.7 Å². The van der Waals surface area contributed by atoms with Gasteiger partial charge in [0.1, 0.15) is 0 Å². The van der Waals surface area contributed by atoms with Gasteiger partial charge in [0.25, 0.3) is 0 Å². The van der Waals surface area contributed by atoms with Gasteiger partial charge in [-0.05, 0) is 0 Å². The Morgan fingerprint density at radius 2 is 2.00 bits per heavy atom. The molecule has 0 saturated carbocycles. The lowest BCUT2D eigenvalue weighted by atomic mass is 10.3. The monoisotopic (exact) mass is 259 g/mol. The highest BCUT2D eigenvalue weighted by molar-refractivity contribution is 6.35. The SMILES string of the molecule is COCC(CNC(=O)C(=O)N1CCNCC1)OC. The smallest absolute Gasteiger partial charge is 0.311 e. The van der Waals surface area contributed by atoms with Crippen LogP contribution in [0.3, 0.4) is 0 Å². The Balaban J connectivity index is 2.32. The van der Waals surface area contributed by atoms with E-state index >= 15 is 0 Å². The Labute approximate surface area is 107 Å². The molecule has 1 aliphatic rings. The Bertz CT molecular complexity index is 279. The molecule has 0 bridgehead atoms. The predicted octanol–water partition coefficient (Wildman–Crippen LogP) is -1.80. The third-order valence-electron chi connectivity index (χ3n) is 2.77. The highest BCUT2D eigenvalue weighted by Gasteiger charge is 2.23. The van der Waals surface area contributed by atoms with Gasteiger partial charge in [-0.3, -0.25) is 9.59 Å². The van der Waals surface area contributed by atoms with E-state index < -0.39 is 11.8 Å². The van der Waals surface area contributed by atoms with Crippen molar-refractivity contribution in [3.8, 4) is 0 Å². The summed E-state index contributed by atoms with van der Waals surface area (Å²) in [6.07, 6.45) is -0.241. The van der Waals surface area contributed by atoms with Gasteiger partial charge >= 0.3 is 11.8 Å². The maximum atomic E-state index is 11.8. The first-order chi connectivity index (χ1) is 8.69. The van der Waals surface area contributed by atoms with Crippen molar-refractivity contribution in [1.82, 2.24) is 15.5 Å². The molecule has 1 aliphatic heterocycles. The standard InChI is InChI=1S/C11H21N3O4/c1-17-8-9(18-2)7-13-10(15)11(16)14-5-3-12-4-6-14/h9,12H,3-8H2,1-2H3,(H,13,15). The molecule has 7 nitrogen and oxygen atoms in total. The first-order valence-electron chi connectivity index (χ1n) is 5.98. The van der Waals surface area contributed by atoms with Crippen LogP contribution < -0.4 is 10.6 Å². The maximum Gasteiger partial charge on any atom is 0.311 e. The van der Waals surface area contributed by atoms with Gasteiger partial charge in [-0.25, -0.2) is 0 Å². The molecule has 0 aromatic carbocycles. The molecule has 0 aromatic heterocycles. The lowest BCUT2D eigenvalue weighted by Gasteiger charge is -2.26. The first kappa shape index (κ1) is 14.9. The fourth-order valence-corrected chi connectivity index (χ4v) is 1.69. The second kappa shape index (κ2) is 8.02. The fraction of sp³-hybridized carbons (Fsp3) is 0.818. The van der Waals surface area contributed by atoms with E-state index in [1.807, 2.05) is 0 Å². The average molecular weight is 259 g/mol. The molecular formula is C11H21N3O4. The summed E-state index contributed by atoms with van der Waals surface area (Å²) >= 11 is 0. The Kier molecular flexibility index (Phi) is 6.63. The molecule has 1 unspecified atom stereocenters. The molecule has 0 aliphatic carbocycles. The number of hydrogen-bond donors (Lipinski definition) is 2. The molecule has 0 radical (unpaired) electrons. The van der Waals surface area contributed by atoms with E-state index in [2.05, 4.69) is 10.6 Å². The lowest BCUT2D eigenvalue weighted by Crippen LogP contribution is -2.52. The van der Waals surface area contributed by atoms with Crippen molar-refractivity contribution in [3.05, 3.63) is 0 Å². The summed E-state index contributed by atoms with van der Waals surface area (Å²) in [5.74, 6) is -1.07. The summed E-state index contributed by atoms with van der Waals surface area (Å²) in [5, 5.41) is 5.68. The Morgan fingerprint density at radius 1 is 1.33 bits per heavy atom. The summed E-state index contributed by atoms with van der Waals surface area (Å²) in [5.41, 5.74) is 0. The number of nitrogens with zero attached hydrogens (tertiary/aromatic N) is 1. The summed E-state index contributed by atoms with van der Waals surface area (Å²) < 4.78 is 10.0. The van der Waals surface area contributed by atoms with Gasteiger partial charge in [-0.15, -0.1) is 0 Å².